The van der Waals surface area contributed by atoms with E-state index in [1.807, 2.05) is 0 Å². The molecule has 3 fully saturated rings. The first-order chi connectivity index (χ1) is 15.5. The molecule has 0 aromatic carbocycles. The highest BCUT2D eigenvalue weighted by atomic mass is 35.5. The number of aryl methyl sites for hydroxylation is 1. The van der Waals surface area contributed by atoms with Crippen LogP contribution in [0.5, 0.6) is 6.01 Å². The van der Waals surface area contributed by atoms with Gasteiger partial charge >= 0.3 is 6.01 Å². The largest absolute Gasteiger partial charge is 0.461 e. The smallest absolute Gasteiger partial charge is 0.319 e. The van der Waals surface area contributed by atoms with E-state index in [-0.39, 0.29) is 34.9 Å². The summed E-state index contributed by atoms with van der Waals surface area (Å²) in [4.78, 5) is 17.9. The lowest BCUT2D eigenvalue weighted by Gasteiger charge is -2.31. The van der Waals surface area contributed by atoms with Crippen LogP contribution >= 0.6 is 11.6 Å². The summed E-state index contributed by atoms with van der Waals surface area (Å²) in [6.07, 6.45) is 3.83. The molecule has 7 nitrogen and oxygen atoms in total. The Morgan fingerprint density at radius 1 is 1.22 bits per heavy atom. The second-order valence-corrected chi connectivity index (χ2v) is 9.75. The molecule has 0 radical (unpaired) electrons. The minimum atomic E-state index is -0.844. The van der Waals surface area contributed by atoms with Crippen LogP contribution < -0.4 is 9.64 Å². The Morgan fingerprint density at radius 3 is 3.03 bits per heavy atom. The van der Waals surface area contributed by atoms with E-state index in [2.05, 4.69) is 19.8 Å². The van der Waals surface area contributed by atoms with E-state index in [0.29, 0.717) is 49.5 Å². The monoisotopic (exact) mass is 465 g/mol. The third-order valence-electron chi connectivity index (χ3n) is 7.44. The zero-order valence-electron chi connectivity index (χ0n) is 17.8. The number of fused-ring (bicyclic) bond motifs is 3. The molecule has 2 aromatic rings. The van der Waals surface area contributed by atoms with E-state index in [1.165, 1.54) is 0 Å². The number of aromatic nitrogens is 3. The molecule has 0 spiro atoms. The maximum absolute atomic E-state index is 15.1. The van der Waals surface area contributed by atoms with Crippen molar-refractivity contribution in [2.75, 3.05) is 44.4 Å². The second-order valence-electron chi connectivity index (χ2n) is 9.40. The number of hydrogen-bond acceptors (Lipinski definition) is 7. The van der Waals surface area contributed by atoms with Gasteiger partial charge in [0.2, 0.25) is 0 Å². The summed E-state index contributed by atoms with van der Waals surface area (Å²) >= 11 is 6.13. The van der Waals surface area contributed by atoms with Crippen molar-refractivity contribution in [2.45, 2.75) is 56.3 Å². The summed E-state index contributed by atoms with van der Waals surface area (Å²) in [6.45, 7) is 3.64. The first-order valence-electron chi connectivity index (χ1n) is 11.5. The topological polar surface area (TPSA) is 63.6 Å². The van der Waals surface area contributed by atoms with Crippen LogP contribution in [0.4, 0.5) is 14.6 Å². The molecule has 4 aliphatic heterocycles. The Morgan fingerprint density at radius 2 is 2.12 bits per heavy atom. The summed E-state index contributed by atoms with van der Waals surface area (Å²) in [5.74, 6) is -0.0274. The Kier molecular flexibility index (Phi) is 5.11. The molecule has 3 saturated heterocycles. The van der Waals surface area contributed by atoms with Crippen LogP contribution in [-0.4, -0.2) is 77.1 Å². The van der Waals surface area contributed by atoms with Gasteiger partial charge < -0.3 is 14.4 Å². The fourth-order valence-electron chi connectivity index (χ4n) is 5.93. The Hall–Kier alpha value is -1.84. The summed E-state index contributed by atoms with van der Waals surface area (Å²) in [5.41, 5.74) is 0.517. The van der Waals surface area contributed by atoms with E-state index in [0.717, 1.165) is 38.8 Å². The quantitative estimate of drug-likeness (QED) is 0.644. The van der Waals surface area contributed by atoms with E-state index in [1.54, 1.807) is 0 Å². The molecule has 0 aliphatic carbocycles. The van der Waals surface area contributed by atoms with Crippen molar-refractivity contribution in [3.8, 4) is 6.01 Å². The van der Waals surface area contributed by atoms with Crippen molar-refractivity contribution in [3.63, 3.8) is 0 Å². The number of ether oxygens (including phenoxy) is 2. The van der Waals surface area contributed by atoms with Crippen molar-refractivity contribution in [3.05, 3.63) is 16.7 Å². The highest BCUT2D eigenvalue weighted by Gasteiger charge is 2.49. The molecule has 0 bridgehead atoms. The van der Waals surface area contributed by atoms with Crippen LogP contribution in [0.25, 0.3) is 10.9 Å². The highest BCUT2D eigenvalue weighted by molar-refractivity contribution is 6.30. The van der Waals surface area contributed by atoms with Crippen LogP contribution in [0.15, 0.2) is 0 Å². The minimum Gasteiger partial charge on any atom is -0.461 e. The molecule has 10 heteroatoms. The summed E-state index contributed by atoms with van der Waals surface area (Å²) in [6, 6.07) is 0.222. The SMILES string of the molecule is Fc1c(Cl)nc2c3c(nc(OC[C@@]45CCCN4C[C@H](F)C5)nc13)N1CCCOC[C@H]1CC2. The van der Waals surface area contributed by atoms with Crippen molar-refractivity contribution in [1.29, 1.82) is 0 Å². The molecule has 0 amide bonds. The van der Waals surface area contributed by atoms with E-state index in [4.69, 9.17) is 26.1 Å². The van der Waals surface area contributed by atoms with Crippen molar-refractivity contribution < 1.29 is 18.3 Å². The molecule has 6 heterocycles. The summed E-state index contributed by atoms with van der Waals surface area (Å²) in [5, 5.41) is 0.419. The normalized spacial score (nSPS) is 30.2. The standard InChI is InChI=1S/C22H26ClF2N5O2/c23-19-17(25)18-16-15(26-19)4-3-14-11-31-8-2-7-30(14)20(16)28-21(27-18)32-12-22-5-1-6-29(22)10-13(24)9-22/h13-14H,1-12H2/t13-,14-,22+/m1/s1. The van der Waals surface area contributed by atoms with Gasteiger partial charge in [0.1, 0.15) is 24.1 Å². The summed E-state index contributed by atoms with van der Waals surface area (Å²) in [7, 11) is 0. The first-order valence-corrected chi connectivity index (χ1v) is 11.8. The van der Waals surface area contributed by atoms with Gasteiger partial charge in [-0.15, -0.1) is 0 Å². The molecule has 32 heavy (non-hydrogen) atoms. The van der Waals surface area contributed by atoms with E-state index in [9.17, 15) is 4.39 Å². The lowest BCUT2D eigenvalue weighted by molar-refractivity contribution is 0.107. The lowest BCUT2D eigenvalue weighted by atomic mass is 9.95. The van der Waals surface area contributed by atoms with Gasteiger partial charge in [-0.3, -0.25) is 4.90 Å². The molecular weight excluding hydrogens is 440 g/mol. The van der Waals surface area contributed by atoms with Crippen molar-refractivity contribution >= 4 is 28.3 Å². The van der Waals surface area contributed by atoms with Crippen molar-refractivity contribution in [1.82, 2.24) is 19.9 Å². The minimum absolute atomic E-state index is 0.106. The third kappa shape index (κ3) is 3.31. The molecule has 0 N–H and O–H groups in total. The van der Waals surface area contributed by atoms with Crippen LogP contribution in [0.3, 0.4) is 0 Å². The average molecular weight is 466 g/mol. The molecule has 6 rings (SSSR count). The lowest BCUT2D eigenvalue weighted by Crippen LogP contribution is -2.43. The fourth-order valence-corrected chi connectivity index (χ4v) is 6.12. The number of nitrogens with zero attached hydrogens (tertiary/aromatic N) is 5. The first kappa shape index (κ1) is 20.7. The average Bonchev–Trinajstić information content (AvgIpc) is 3.12. The Balaban J connectivity index is 1.42. The number of alkyl halides is 1. The van der Waals surface area contributed by atoms with Crippen LogP contribution in [0.2, 0.25) is 5.15 Å². The van der Waals surface area contributed by atoms with Gasteiger partial charge in [0.15, 0.2) is 11.0 Å². The predicted molar refractivity (Wildman–Crippen MR) is 116 cm³/mol. The molecular formula is C22H26ClF2N5O2. The van der Waals surface area contributed by atoms with Gasteiger partial charge in [0.05, 0.1) is 29.3 Å². The molecule has 0 saturated carbocycles. The van der Waals surface area contributed by atoms with Gasteiger partial charge in [-0.25, -0.2) is 13.8 Å². The molecule has 0 unspecified atom stereocenters. The zero-order chi connectivity index (χ0) is 21.9. The van der Waals surface area contributed by atoms with Crippen molar-refractivity contribution in [2.24, 2.45) is 0 Å². The van der Waals surface area contributed by atoms with Crippen LogP contribution in [0.1, 0.15) is 37.8 Å². The fraction of sp³-hybridized carbons (Fsp3) is 0.682. The van der Waals surface area contributed by atoms with Crippen LogP contribution in [-0.2, 0) is 11.2 Å². The molecule has 172 valence electrons. The number of anilines is 1. The molecule has 4 aliphatic rings. The van der Waals surface area contributed by atoms with Gasteiger partial charge in [-0.1, -0.05) is 11.6 Å². The highest BCUT2D eigenvalue weighted by Crippen LogP contribution is 2.41. The van der Waals surface area contributed by atoms with Gasteiger partial charge in [0.25, 0.3) is 0 Å². The molecule has 3 atom stereocenters. The van der Waals surface area contributed by atoms with Gasteiger partial charge in [0, 0.05) is 26.1 Å². The number of pyridine rings is 1. The van der Waals surface area contributed by atoms with Crippen LogP contribution in [0, 0.1) is 5.82 Å². The maximum atomic E-state index is 15.1. The summed E-state index contributed by atoms with van der Waals surface area (Å²) < 4.78 is 41.1. The third-order valence-corrected chi connectivity index (χ3v) is 7.69. The van der Waals surface area contributed by atoms with Gasteiger partial charge in [-0.2, -0.15) is 9.97 Å². The number of rotatable bonds is 3. The Bertz CT molecular complexity index is 1060. The zero-order valence-corrected chi connectivity index (χ0v) is 18.6. The predicted octanol–water partition coefficient (Wildman–Crippen LogP) is 3.31. The van der Waals surface area contributed by atoms with E-state index >= 15 is 4.39 Å². The van der Waals surface area contributed by atoms with E-state index < -0.39 is 12.0 Å². The van der Waals surface area contributed by atoms with Gasteiger partial charge in [-0.05, 0) is 38.6 Å². The molecule has 2 aromatic heterocycles. The maximum Gasteiger partial charge on any atom is 0.319 e. The number of halogens is 3. The second kappa shape index (κ2) is 7.88. The number of hydrogen-bond donors (Lipinski definition) is 0. The Labute approximate surface area is 190 Å².